The van der Waals surface area contributed by atoms with Crippen LogP contribution in [0.25, 0.3) is 0 Å². The van der Waals surface area contributed by atoms with Gasteiger partial charge in [0.15, 0.2) is 0 Å². The Labute approximate surface area is 110 Å². The van der Waals surface area contributed by atoms with E-state index in [1.807, 2.05) is 0 Å². The van der Waals surface area contributed by atoms with Crippen molar-refractivity contribution in [2.24, 2.45) is 20.7 Å². The van der Waals surface area contributed by atoms with Crippen LogP contribution >= 0.6 is 0 Å². The van der Waals surface area contributed by atoms with Crippen LogP contribution in [0.2, 0.25) is 0 Å². The minimum Gasteiger partial charge on any atom is -0.306 e. The van der Waals surface area contributed by atoms with Gasteiger partial charge in [-0.05, 0) is 45.8 Å². The number of nitrogens with zero attached hydrogens (tertiary/aromatic N) is 5. The van der Waals surface area contributed by atoms with Gasteiger partial charge in [0.1, 0.15) is 0 Å². The number of unbranched alkanes of at least 4 members (excludes halogenated alkanes) is 2. The van der Waals surface area contributed by atoms with Crippen molar-refractivity contribution >= 4 is 0 Å². The molecule has 0 radical (unpaired) electrons. The SMILES string of the molecule is CNN=NCCCCN(C)CCCCN=NNC. The predicted molar refractivity (Wildman–Crippen MR) is 73.5 cm³/mol. The lowest BCUT2D eigenvalue weighted by Gasteiger charge is -2.15. The molecule has 0 aliphatic carbocycles. The Morgan fingerprint density at radius 2 is 1.22 bits per heavy atom. The van der Waals surface area contributed by atoms with E-state index in [0.717, 1.165) is 39.0 Å². The average Bonchev–Trinajstić information content (AvgIpc) is 2.38. The first-order valence-electron chi connectivity index (χ1n) is 6.56. The molecule has 7 nitrogen and oxygen atoms in total. The van der Waals surface area contributed by atoms with Gasteiger partial charge in [0.05, 0.1) is 13.1 Å². The second kappa shape index (κ2) is 13.8. The molecule has 0 aromatic heterocycles. The summed E-state index contributed by atoms with van der Waals surface area (Å²) in [5, 5.41) is 15.3. The topological polar surface area (TPSA) is 76.7 Å². The van der Waals surface area contributed by atoms with Crippen LogP contribution in [-0.2, 0) is 0 Å². The molecule has 0 spiro atoms. The second-order valence-electron chi connectivity index (χ2n) is 4.09. The summed E-state index contributed by atoms with van der Waals surface area (Å²) in [7, 11) is 5.67. The molecule has 0 atom stereocenters. The maximum absolute atomic E-state index is 3.96. The predicted octanol–water partition coefficient (Wildman–Crippen LogP) is 1.65. The van der Waals surface area contributed by atoms with Gasteiger partial charge in [-0.3, -0.25) is 10.9 Å². The van der Waals surface area contributed by atoms with Gasteiger partial charge in [-0.1, -0.05) is 10.4 Å². The van der Waals surface area contributed by atoms with Crippen molar-refractivity contribution in [1.29, 1.82) is 0 Å². The van der Waals surface area contributed by atoms with Gasteiger partial charge in [-0.25, -0.2) is 0 Å². The lowest BCUT2D eigenvalue weighted by atomic mass is 10.2. The zero-order valence-electron chi connectivity index (χ0n) is 11.9. The van der Waals surface area contributed by atoms with E-state index in [9.17, 15) is 0 Å². The standard InChI is InChI=1S/C11H27N7/c1-12-16-14-8-4-6-10-18(3)11-7-5-9-15-17-13-2/h4-11H2,1-3H3,(H,12,14)(H,13,15). The first kappa shape index (κ1) is 16.8. The molecule has 0 saturated carbocycles. The van der Waals surface area contributed by atoms with Crippen LogP contribution in [0, 0.1) is 0 Å². The molecule has 7 heteroatoms. The van der Waals surface area contributed by atoms with E-state index in [1.165, 1.54) is 12.8 Å². The van der Waals surface area contributed by atoms with E-state index in [1.54, 1.807) is 14.1 Å². The highest BCUT2D eigenvalue weighted by Crippen LogP contribution is 1.97. The highest BCUT2D eigenvalue weighted by Gasteiger charge is 1.97. The lowest BCUT2D eigenvalue weighted by Crippen LogP contribution is -2.21. The van der Waals surface area contributed by atoms with Gasteiger partial charge >= 0.3 is 0 Å². The zero-order chi connectivity index (χ0) is 13.5. The Balaban J connectivity index is 3.24. The molecular formula is C11H27N7. The molecule has 0 aliphatic heterocycles. The number of hydrogen-bond donors (Lipinski definition) is 2. The zero-order valence-corrected chi connectivity index (χ0v) is 11.9. The molecule has 0 aromatic rings. The quantitative estimate of drug-likeness (QED) is 0.317. The van der Waals surface area contributed by atoms with Crippen molar-refractivity contribution in [3.63, 3.8) is 0 Å². The summed E-state index contributed by atoms with van der Waals surface area (Å²) in [6.07, 6.45) is 4.51. The number of hydrogen-bond acceptors (Lipinski definition) is 5. The van der Waals surface area contributed by atoms with Crippen molar-refractivity contribution in [2.75, 3.05) is 47.3 Å². The third-order valence-electron chi connectivity index (χ3n) is 2.44. The van der Waals surface area contributed by atoms with E-state index < -0.39 is 0 Å². The third-order valence-corrected chi connectivity index (χ3v) is 2.44. The summed E-state index contributed by atoms with van der Waals surface area (Å²) in [6, 6.07) is 0. The molecule has 106 valence electrons. The summed E-state index contributed by atoms with van der Waals surface area (Å²) in [5.74, 6) is 0. The summed E-state index contributed by atoms with van der Waals surface area (Å²) < 4.78 is 0. The molecule has 0 aromatic carbocycles. The largest absolute Gasteiger partial charge is 0.306 e. The highest BCUT2D eigenvalue weighted by atomic mass is 15.4. The normalized spacial score (nSPS) is 11.8. The Hall–Kier alpha value is -1.24. The Morgan fingerprint density at radius 1 is 0.778 bits per heavy atom. The van der Waals surface area contributed by atoms with Gasteiger partial charge in [0.25, 0.3) is 0 Å². The lowest BCUT2D eigenvalue weighted by molar-refractivity contribution is 0.319. The van der Waals surface area contributed by atoms with Crippen LogP contribution in [-0.4, -0.2) is 52.2 Å². The van der Waals surface area contributed by atoms with Crippen LogP contribution in [0.4, 0.5) is 0 Å². The van der Waals surface area contributed by atoms with Gasteiger partial charge in [0, 0.05) is 14.1 Å². The van der Waals surface area contributed by atoms with Crippen LogP contribution in [0.5, 0.6) is 0 Å². The molecule has 0 saturated heterocycles. The summed E-state index contributed by atoms with van der Waals surface area (Å²) >= 11 is 0. The number of nitrogens with one attached hydrogen (secondary N) is 2. The molecule has 0 heterocycles. The summed E-state index contributed by atoms with van der Waals surface area (Å²) in [6.45, 7) is 3.85. The Morgan fingerprint density at radius 3 is 1.61 bits per heavy atom. The van der Waals surface area contributed by atoms with Crippen molar-refractivity contribution in [1.82, 2.24) is 15.8 Å². The maximum atomic E-state index is 3.96. The van der Waals surface area contributed by atoms with Crippen LogP contribution in [0.3, 0.4) is 0 Å². The van der Waals surface area contributed by atoms with Gasteiger partial charge in [-0.15, -0.1) is 0 Å². The molecule has 18 heavy (non-hydrogen) atoms. The fourth-order valence-electron chi connectivity index (χ4n) is 1.48. The fourth-order valence-corrected chi connectivity index (χ4v) is 1.48. The average molecular weight is 257 g/mol. The fraction of sp³-hybridized carbons (Fsp3) is 1.00. The van der Waals surface area contributed by atoms with Gasteiger partial charge < -0.3 is 4.90 Å². The number of rotatable bonds is 12. The smallest absolute Gasteiger partial charge is 0.0620 e. The maximum Gasteiger partial charge on any atom is 0.0620 e. The highest BCUT2D eigenvalue weighted by molar-refractivity contribution is 4.54. The minimum atomic E-state index is 0.805. The molecule has 0 rings (SSSR count). The molecule has 0 unspecified atom stereocenters. The van der Waals surface area contributed by atoms with Crippen molar-refractivity contribution in [3.05, 3.63) is 0 Å². The molecule has 0 aliphatic rings. The van der Waals surface area contributed by atoms with E-state index in [0.29, 0.717) is 0 Å². The van der Waals surface area contributed by atoms with E-state index in [4.69, 9.17) is 0 Å². The van der Waals surface area contributed by atoms with Crippen LogP contribution < -0.4 is 10.9 Å². The summed E-state index contributed by atoms with van der Waals surface area (Å²) in [5.41, 5.74) is 5.29. The summed E-state index contributed by atoms with van der Waals surface area (Å²) in [4.78, 5) is 2.35. The molecule has 0 amide bonds. The molecule has 0 bridgehead atoms. The van der Waals surface area contributed by atoms with Gasteiger partial charge in [-0.2, -0.15) is 10.2 Å². The van der Waals surface area contributed by atoms with E-state index >= 15 is 0 Å². The Kier molecular flexibility index (Phi) is 12.9. The van der Waals surface area contributed by atoms with Crippen molar-refractivity contribution < 1.29 is 0 Å². The molecule has 2 N–H and O–H groups in total. The second-order valence-corrected chi connectivity index (χ2v) is 4.09. The third kappa shape index (κ3) is 12.8. The van der Waals surface area contributed by atoms with Crippen LogP contribution in [0.15, 0.2) is 20.7 Å². The Bertz CT molecular complexity index is 195. The monoisotopic (exact) mass is 257 g/mol. The van der Waals surface area contributed by atoms with Gasteiger partial charge in [0.2, 0.25) is 0 Å². The minimum absolute atomic E-state index is 0.805. The molecular weight excluding hydrogens is 230 g/mol. The van der Waals surface area contributed by atoms with E-state index in [-0.39, 0.29) is 0 Å². The molecule has 0 fully saturated rings. The van der Waals surface area contributed by atoms with E-state index in [2.05, 4.69) is 43.5 Å². The first-order chi connectivity index (χ1) is 8.81. The van der Waals surface area contributed by atoms with Crippen LogP contribution in [0.1, 0.15) is 25.7 Å². The first-order valence-corrected chi connectivity index (χ1v) is 6.56. The van der Waals surface area contributed by atoms with Crippen molar-refractivity contribution in [2.45, 2.75) is 25.7 Å². The van der Waals surface area contributed by atoms with Crippen molar-refractivity contribution in [3.8, 4) is 0 Å².